The zero-order valence-corrected chi connectivity index (χ0v) is 25.0. The van der Waals surface area contributed by atoms with Crippen LogP contribution in [0.5, 0.6) is 17.2 Å². The summed E-state index contributed by atoms with van der Waals surface area (Å²) >= 11 is 3.55. The minimum absolute atomic E-state index is 0.370. The molecule has 0 aliphatic carbocycles. The van der Waals surface area contributed by atoms with Gasteiger partial charge in [-0.15, -0.1) is 0 Å². The van der Waals surface area contributed by atoms with Crippen molar-refractivity contribution in [2.75, 3.05) is 20.3 Å². The molecular weight excluding hydrogens is 556 g/mol. The first-order chi connectivity index (χ1) is 18.8. The summed E-state index contributed by atoms with van der Waals surface area (Å²) < 4.78 is 23.9. The van der Waals surface area contributed by atoms with E-state index in [1.807, 2.05) is 32.0 Å². The summed E-state index contributed by atoms with van der Waals surface area (Å²) in [5.74, 6) is 1.76. The molecule has 0 bridgehead atoms. The molecule has 0 unspecified atom stereocenters. The zero-order chi connectivity index (χ0) is 28.2. The Balaban J connectivity index is 1.74. The van der Waals surface area contributed by atoms with Crippen LogP contribution in [0.1, 0.15) is 50.3 Å². The Labute approximate surface area is 240 Å². The molecule has 0 atom stereocenters. The maximum Gasteiger partial charge on any atom is 0.330 e. The van der Waals surface area contributed by atoms with Gasteiger partial charge < -0.3 is 18.9 Å². The first-order valence-corrected chi connectivity index (χ1v) is 13.9. The van der Waals surface area contributed by atoms with E-state index in [9.17, 15) is 4.79 Å². The van der Waals surface area contributed by atoms with E-state index >= 15 is 0 Å². The van der Waals surface area contributed by atoms with Crippen LogP contribution < -0.4 is 14.2 Å². The summed E-state index contributed by atoms with van der Waals surface area (Å²) in [6.45, 7) is 9.76. The Bertz CT molecular complexity index is 1300. The summed E-state index contributed by atoms with van der Waals surface area (Å²) in [4.78, 5) is 11.6. The third-order valence-corrected chi connectivity index (χ3v) is 7.06. The minimum atomic E-state index is -0.430. The van der Waals surface area contributed by atoms with Gasteiger partial charge in [0.05, 0.1) is 13.7 Å². The number of hydrogen-bond donors (Lipinski definition) is 0. The summed E-state index contributed by atoms with van der Waals surface area (Å²) in [5.41, 5.74) is 6.32. The molecule has 3 aromatic carbocycles. The Morgan fingerprint density at radius 3 is 2.38 bits per heavy atom. The average Bonchev–Trinajstić information content (AvgIpc) is 2.94. The van der Waals surface area contributed by atoms with Crippen LogP contribution in [0.25, 0.3) is 17.2 Å². The molecular formula is C33H37BrO5. The first-order valence-electron chi connectivity index (χ1n) is 13.1. The molecule has 5 nitrogen and oxygen atoms in total. The van der Waals surface area contributed by atoms with Crippen LogP contribution in [-0.4, -0.2) is 26.3 Å². The molecule has 0 heterocycles. The van der Waals surface area contributed by atoms with E-state index < -0.39 is 5.97 Å². The molecule has 0 spiro atoms. The van der Waals surface area contributed by atoms with Crippen molar-refractivity contribution in [1.29, 1.82) is 0 Å². The highest BCUT2D eigenvalue weighted by molar-refractivity contribution is 9.11. The molecule has 6 heteroatoms. The molecule has 0 saturated carbocycles. The van der Waals surface area contributed by atoms with E-state index in [-0.39, 0.29) is 0 Å². The Morgan fingerprint density at radius 2 is 1.69 bits per heavy atom. The summed E-state index contributed by atoms with van der Waals surface area (Å²) in [7, 11) is 1.35. The standard InChI is InChI=1S/C33H37BrO5/c1-6-7-18-37-31-16-8-24(4)19-29(31)26-11-9-25(10-12-26)21-38-28-15-13-27(14-17-33(35)36-5)32(20-28)39-22-30(34)23(2)3/h8-17,19-20H,6-7,18,21-22H2,1-5H3. The smallest absolute Gasteiger partial charge is 0.330 e. The van der Waals surface area contributed by atoms with Crippen molar-refractivity contribution in [3.63, 3.8) is 0 Å². The van der Waals surface area contributed by atoms with Crippen molar-refractivity contribution in [2.45, 2.75) is 47.1 Å². The molecule has 0 aliphatic rings. The van der Waals surface area contributed by atoms with Crippen molar-refractivity contribution in [2.24, 2.45) is 0 Å². The third kappa shape index (κ3) is 9.32. The van der Waals surface area contributed by atoms with Gasteiger partial charge in [-0.05, 0) is 68.7 Å². The highest BCUT2D eigenvalue weighted by Crippen LogP contribution is 2.32. The highest BCUT2D eigenvalue weighted by atomic mass is 79.9. The Hall–Kier alpha value is -3.51. The van der Waals surface area contributed by atoms with Crippen molar-refractivity contribution < 1.29 is 23.7 Å². The lowest BCUT2D eigenvalue weighted by atomic mass is 10.0. The fourth-order valence-corrected chi connectivity index (χ4v) is 3.76. The van der Waals surface area contributed by atoms with Crippen molar-refractivity contribution >= 4 is 28.0 Å². The van der Waals surface area contributed by atoms with Crippen molar-refractivity contribution in [1.82, 2.24) is 0 Å². The van der Waals surface area contributed by atoms with Gasteiger partial charge in [-0.25, -0.2) is 4.79 Å². The van der Waals surface area contributed by atoms with E-state index in [4.69, 9.17) is 18.9 Å². The number of rotatable bonds is 13. The number of carbonyl (C=O) groups is 1. The number of esters is 1. The average molecular weight is 594 g/mol. The summed E-state index contributed by atoms with van der Waals surface area (Å²) in [6.07, 6.45) is 5.18. The fourth-order valence-electron chi connectivity index (χ4n) is 3.65. The van der Waals surface area contributed by atoms with Gasteiger partial charge in [-0.2, -0.15) is 0 Å². The second-order valence-electron chi connectivity index (χ2n) is 9.44. The minimum Gasteiger partial charge on any atom is -0.493 e. The lowest BCUT2D eigenvalue weighted by Gasteiger charge is -2.14. The predicted molar refractivity (Wildman–Crippen MR) is 162 cm³/mol. The van der Waals surface area contributed by atoms with E-state index in [0.29, 0.717) is 31.3 Å². The predicted octanol–water partition coefficient (Wildman–Crippen LogP) is 8.67. The van der Waals surface area contributed by atoms with Gasteiger partial charge in [0, 0.05) is 27.8 Å². The molecule has 0 amide bonds. The van der Waals surface area contributed by atoms with E-state index in [1.165, 1.54) is 18.7 Å². The van der Waals surface area contributed by atoms with E-state index in [0.717, 1.165) is 50.9 Å². The largest absolute Gasteiger partial charge is 0.493 e. The SMILES string of the molecule is CCCCOc1ccc(C)cc1-c1ccc(COc2ccc(C=CC(=O)OC)c(OCC(Br)=C(C)C)c2)cc1. The molecule has 0 aliphatic heterocycles. The number of ether oxygens (including phenoxy) is 4. The number of halogens is 1. The monoisotopic (exact) mass is 592 g/mol. The van der Waals surface area contributed by atoms with Gasteiger partial charge in [0.1, 0.15) is 30.5 Å². The number of aryl methyl sites for hydroxylation is 1. The fraction of sp³-hybridized carbons (Fsp3) is 0.303. The molecule has 39 heavy (non-hydrogen) atoms. The number of allylic oxidation sites excluding steroid dienone is 1. The van der Waals surface area contributed by atoms with Crippen LogP contribution in [0.2, 0.25) is 0 Å². The van der Waals surface area contributed by atoms with E-state index in [1.54, 1.807) is 6.08 Å². The van der Waals surface area contributed by atoms with Crippen molar-refractivity contribution in [3.8, 4) is 28.4 Å². The number of hydrogen-bond acceptors (Lipinski definition) is 5. The lowest BCUT2D eigenvalue weighted by Crippen LogP contribution is -2.02. The van der Waals surface area contributed by atoms with Gasteiger partial charge in [0.25, 0.3) is 0 Å². The number of unbranched alkanes of at least 4 members (excludes halogenated alkanes) is 1. The number of methoxy groups -OCH3 is 1. The maximum atomic E-state index is 11.6. The molecule has 0 aromatic heterocycles. The van der Waals surface area contributed by atoms with Crippen LogP contribution in [0, 0.1) is 6.92 Å². The Kier molecular flexibility index (Phi) is 11.7. The summed E-state index contributed by atoms with van der Waals surface area (Å²) in [6, 6.07) is 20.2. The normalized spacial score (nSPS) is 10.8. The molecule has 3 rings (SSSR count). The molecule has 0 N–H and O–H groups in total. The van der Waals surface area contributed by atoms with Crippen LogP contribution in [-0.2, 0) is 16.1 Å². The molecule has 3 aromatic rings. The Morgan fingerprint density at radius 1 is 0.923 bits per heavy atom. The topological polar surface area (TPSA) is 54.0 Å². The molecule has 0 radical (unpaired) electrons. The van der Waals surface area contributed by atoms with Gasteiger partial charge in [0.15, 0.2) is 0 Å². The second-order valence-corrected chi connectivity index (χ2v) is 10.4. The third-order valence-electron chi connectivity index (χ3n) is 6.04. The van der Waals surface area contributed by atoms with Gasteiger partial charge >= 0.3 is 5.97 Å². The maximum absolute atomic E-state index is 11.6. The lowest BCUT2D eigenvalue weighted by molar-refractivity contribution is -0.134. The second kappa shape index (κ2) is 15.2. The van der Waals surface area contributed by atoms with Crippen LogP contribution in [0.4, 0.5) is 0 Å². The molecule has 0 saturated heterocycles. The quantitative estimate of drug-likeness (QED) is 0.113. The number of carbonyl (C=O) groups excluding carboxylic acids is 1. The van der Waals surface area contributed by atoms with Gasteiger partial charge in [-0.3, -0.25) is 0 Å². The van der Waals surface area contributed by atoms with E-state index in [2.05, 4.69) is 72.2 Å². The molecule has 0 fully saturated rings. The van der Waals surface area contributed by atoms with Crippen LogP contribution >= 0.6 is 15.9 Å². The number of benzene rings is 3. The van der Waals surface area contributed by atoms with Crippen LogP contribution in [0.15, 0.2) is 76.8 Å². The van der Waals surface area contributed by atoms with Crippen LogP contribution in [0.3, 0.4) is 0 Å². The first kappa shape index (κ1) is 30.0. The summed E-state index contributed by atoms with van der Waals surface area (Å²) in [5, 5.41) is 0. The zero-order valence-electron chi connectivity index (χ0n) is 23.4. The van der Waals surface area contributed by atoms with Gasteiger partial charge in [-0.1, -0.05) is 70.7 Å². The van der Waals surface area contributed by atoms with Crippen molar-refractivity contribution in [3.05, 3.63) is 93.5 Å². The van der Waals surface area contributed by atoms with Gasteiger partial charge in [0.2, 0.25) is 0 Å². The molecule has 206 valence electrons. The highest BCUT2D eigenvalue weighted by Gasteiger charge is 2.10.